The van der Waals surface area contributed by atoms with E-state index in [1.165, 1.54) is 0 Å². The Bertz CT molecular complexity index is 45.6. The van der Waals surface area contributed by atoms with E-state index in [0.717, 1.165) is 6.40 Å². The number of hydrogen-bond acceptors (Lipinski definition) is 4. The van der Waals surface area contributed by atoms with Crippen LogP contribution in [0.4, 0.5) is 0 Å². The zero-order chi connectivity index (χ0) is 3.54. The molecule has 0 fully saturated rings. The Morgan fingerprint density at radius 2 is 2.80 bits per heavy atom. The van der Waals surface area contributed by atoms with Gasteiger partial charge in [-0.25, -0.2) is 0 Å². The van der Waals surface area contributed by atoms with E-state index in [-0.39, 0.29) is 0 Å². The van der Waals surface area contributed by atoms with Gasteiger partial charge >= 0.3 is 0 Å². The first-order valence-corrected chi connectivity index (χ1v) is 1.08. The van der Waals surface area contributed by atoms with E-state index in [1.807, 2.05) is 5.64 Å². The molecule has 0 aliphatic carbocycles. The summed E-state index contributed by atoms with van der Waals surface area (Å²) < 4.78 is 0. The van der Waals surface area contributed by atoms with Crippen LogP contribution < -0.4 is 5.64 Å². The normalized spacial score (nSPS) is 17.6. The summed E-state index contributed by atoms with van der Waals surface area (Å²) in [6, 6.07) is 0. The van der Waals surface area contributed by atoms with E-state index in [4.69, 9.17) is 0 Å². The van der Waals surface area contributed by atoms with E-state index < -0.39 is 0 Å². The number of nitrogens with zero attached hydrogens (tertiary/aromatic N) is 1. The Morgan fingerprint density at radius 1 is 1.80 bits per heavy atom. The lowest BCUT2D eigenvalue weighted by molar-refractivity contribution is -0.0719. The molecule has 1 aliphatic rings. The van der Waals surface area contributed by atoms with Crippen LogP contribution in [0, 0.1) is 0 Å². The van der Waals surface area contributed by atoms with Crippen LogP contribution in [0.5, 0.6) is 0 Å². The highest BCUT2D eigenvalue weighted by Crippen LogP contribution is 1.72. The molecule has 5 heavy (non-hydrogen) atoms. The van der Waals surface area contributed by atoms with Gasteiger partial charge in [-0.2, -0.15) is 0 Å². The van der Waals surface area contributed by atoms with Gasteiger partial charge in [0.05, 0.1) is 0 Å². The molecule has 1 rings (SSSR count). The van der Waals surface area contributed by atoms with Gasteiger partial charge in [-0.15, -0.1) is 0 Å². The molecule has 0 unspecified atom stereocenters. The largest absolute Gasteiger partial charge is 0.356 e. The molecular weight excluding hydrogens is 72.0 g/mol. The topological polar surface area (TPSA) is 42.8 Å². The zero-order valence-corrected chi connectivity index (χ0v) is 2.34. The van der Waals surface area contributed by atoms with Crippen LogP contribution >= 0.6 is 0 Å². The van der Waals surface area contributed by atoms with E-state index in [9.17, 15) is 0 Å². The third-order valence-electron chi connectivity index (χ3n) is 0.234. The number of nitrogens with one attached hydrogen (secondary N) is 1. The summed E-state index contributed by atoms with van der Waals surface area (Å²) in [5.41, 5.74) is 2.00. The fraction of sp³-hybridized carbons (Fsp3) is 0. The lowest BCUT2D eigenvalue weighted by atomic mass is 11.6. The molecule has 4 heteroatoms. The Labute approximate surface area is 28.3 Å². The van der Waals surface area contributed by atoms with E-state index >= 15 is 0 Å². The van der Waals surface area contributed by atoms with Crippen molar-refractivity contribution in [2.75, 3.05) is 0 Å². The molecule has 0 aromatic carbocycles. The Balaban J connectivity index is 2.32. The predicted molar refractivity (Wildman–Crippen MR) is 13.8 cm³/mol. The molecule has 0 atom stereocenters. The second kappa shape index (κ2) is 0.898. The van der Waals surface area contributed by atoms with Gasteiger partial charge in [0.2, 0.25) is 6.40 Å². The smallest absolute Gasteiger partial charge is 0.244 e. The molecule has 4 nitrogen and oxygen atoms in total. The van der Waals surface area contributed by atoms with Crippen molar-refractivity contribution in [3.05, 3.63) is 0 Å². The monoisotopic (exact) mass is 74.0 g/mol. The van der Waals surface area contributed by atoms with Crippen LogP contribution in [0.2, 0.25) is 0 Å². The van der Waals surface area contributed by atoms with Crippen LogP contribution in [0.1, 0.15) is 0 Å². The van der Waals surface area contributed by atoms with Crippen molar-refractivity contribution in [3.63, 3.8) is 0 Å². The van der Waals surface area contributed by atoms with E-state index in [1.54, 1.807) is 0 Å². The van der Waals surface area contributed by atoms with Gasteiger partial charge in [-0.05, 0) is 5.16 Å². The molecule has 0 aromatic rings. The zero-order valence-electron chi connectivity index (χ0n) is 2.34. The fourth-order valence-electron chi connectivity index (χ4n) is 0.108. The van der Waals surface area contributed by atoms with Crippen molar-refractivity contribution in [1.82, 2.24) is 5.64 Å². The number of rotatable bonds is 0. The lowest BCUT2D eigenvalue weighted by Gasteiger charge is -1.79. The fourth-order valence-corrected chi connectivity index (χ4v) is 0.108. The van der Waals surface area contributed by atoms with Gasteiger partial charge in [0.25, 0.3) is 0 Å². The second-order valence-corrected chi connectivity index (χ2v) is 0.503. The van der Waals surface area contributed by atoms with Crippen molar-refractivity contribution in [3.8, 4) is 0 Å². The van der Waals surface area contributed by atoms with Gasteiger partial charge in [-0.1, -0.05) is 0 Å². The van der Waals surface area contributed by atoms with Gasteiger partial charge in [0.15, 0.2) is 0 Å². The van der Waals surface area contributed by atoms with Gasteiger partial charge in [0.1, 0.15) is 0 Å². The van der Waals surface area contributed by atoms with Gasteiger partial charge in [-0.3, -0.25) is 4.94 Å². The minimum atomic E-state index is 1.15. The first-order valence-electron chi connectivity index (χ1n) is 1.08. The molecule has 1 N–H and O–H groups in total. The predicted octanol–water partition coefficient (Wildman–Crippen LogP) is -0.604. The highest BCUT2D eigenvalue weighted by atomic mass is 17.0. The first-order chi connectivity index (χ1) is 2.50. The third-order valence-corrected chi connectivity index (χ3v) is 0.234. The second-order valence-electron chi connectivity index (χ2n) is 0.503. The number of hydrogen-bond donors (Lipinski definition) is 1. The van der Waals surface area contributed by atoms with Crippen molar-refractivity contribution < 1.29 is 9.78 Å². The quantitative estimate of drug-likeness (QED) is 0.417. The van der Waals surface area contributed by atoms with Crippen molar-refractivity contribution in [2.24, 2.45) is 5.16 Å². The van der Waals surface area contributed by atoms with Crippen molar-refractivity contribution in [2.45, 2.75) is 0 Å². The van der Waals surface area contributed by atoms with Gasteiger partial charge < -0.3 is 4.84 Å². The SMILES string of the molecule is C1=NONO1. The summed E-state index contributed by atoms with van der Waals surface area (Å²) in [7, 11) is 0. The lowest BCUT2D eigenvalue weighted by Crippen LogP contribution is -2.00. The van der Waals surface area contributed by atoms with Gasteiger partial charge in [0, 0.05) is 5.64 Å². The summed E-state index contributed by atoms with van der Waals surface area (Å²) in [6.45, 7) is 0. The van der Waals surface area contributed by atoms with E-state index in [0.29, 0.717) is 0 Å². The highest BCUT2D eigenvalue weighted by Gasteiger charge is 1.82. The summed E-state index contributed by atoms with van der Waals surface area (Å²) in [6.07, 6.45) is 1.15. The number of oxime groups is 1. The molecule has 0 saturated heterocycles. The minimum absolute atomic E-state index is 1.15. The average Bonchev–Trinajstić information content (AvgIpc) is 1.76. The van der Waals surface area contributed by atoms with Crippen LogP contribution in [0.15, 0.2) is 5.16 Å². The Morgan fingerprint density at radius 3 is 3.00 bits per heavy atom. The van der Waals surface area contributed by atoms with Crippen molar-refractivity contribution >= 4 is 6.40 Å². The highest BCUT2D eigenvalue weighted by molar-refractivity contribution is 5.45. The van der Waals surface area contributed by atoms with Crippen molar-refractivity contribution in [1.29, 1.82) is 0 Å². The maximum atomic E-state index is 4.18. The molecular formula is CH2N2O2. The third kappa shape index (κ3) is 0.273. The summed E-state index contributed by atoms with van der Waals surface area (Å²) in [5, 5.41) is 3.12. The summed E-state index contributed by atoms with van der Waals surface area (Å²) in [5.74, 6) is 0. The molecule has 1 heterocycles. The van der Waals surface area contributed by atoms with E-state index in [2.05, 4.69) is 14.9 Å². The molecule has 28 valence electrons. The van der Waals surface area contributed by atoms with Crippen LogP contribution in [-0.2, 0) is 9.78 Å². The average molecular weight is 74.0 g/mol. The Hall–Kier alpha value is -0.770. The maximum absolute atomic E-state index is 4.18. The molecule has 0 saturated carbocycles. The van der Waals surface area contributed by atoms with Crippen LogP contribution in [0.25, 0.3) is 0 Å². The minimum Gasteiger partial charge on any atom is -0.356 e. The summed E-state index contributed by atoms with van der Waals surface area (Å²) in [4.78, 5) is 8.22. The molecule has 0 aromatic heterocycles. The molecule has 1 aliphatic heterocycles. The van der Waals surface area contributed by atoms with Crippen LogP contribution in [-0.4, -0.2) is 6.40 Å². The molecule has 0 amide bonds. The molecule has 0 bridgehead atoms. The first kappa shape index (κ1) is 2.47. The summed E-state index contributed by atoms with van der Waals surface area (Å²) >= 11 is 0. The standard InChI is InChI=1S/CH2N2O2/c1-2-5-3-4-1/h1,3H. The molecule has 0 radical (unpaired) electrons. The van der Waals surface area contributed by atoms with Crippen LogP contribution in [0.3, 0.4) is 0 Å². The molecule has 0 spiro atoms. The Kier molecular flexibility index (Phi) is 0.443. The maximum Gasteiger partial charge on any atom is 0.244 e.